The summed E-state index contributed by atoms with van der Waals surface area (Å²) in [5.41, 5.74) is 0.394. The maximum atomic E-state index is 14.3. The van der Waals surface area contributed by atoms with Crippen LogP contribution in [0.4, 0.5) is 13.2 Å². The highest BCUT2D eigenvalue weighted by atomic mass is 32.2. The van der Waals surface area contributed by atoms with Crippen LogP contribution in [-0.2, 0) is 21.5 Å². The van der Waals surface area contributed by atoms with Gasteiger partial charge in [-0.3, -0.25) is 4.55 Å². The molecule has 0 spiro atoms. The number of fused-ring (bicyclic) bond motifs is 1. The minimum absolute atomic E-state index is 0.394. The lowest BCUT2D eigenvalue weighted by molar-refractivity contribution is -0.250. The molecule has 2 aromatic rings. The molecule has 0 amide bonds. The zero-order valence-electron chi connectivity index (χ0n) is 12.2. The molecule has 0 saturated heterocycles. The molecule has 0 radical (unpaired) electrons. The third-order valence-corrected chi connectivity index (χ3v) is 4.45. The summed E-state index contributed by atoms with van der Waals surface area (Å²) in [6.45, 7) is 0.430. The second-order valence-electron chi connectivity index (χ2n) is 5.04. The van der Waals surface area contributed by atoms with Gasteiger partial charge in [0.25, 0.3) is 5.85 Å². The zero-order valence-corrected chi connectivity index (χ0v) is 13.0. The molecular weight excluding hydrogens is 333 g/mol. The highest BCUT2D eigenvalue weighted by Gasteiger charge is 2.64. The Hall–Kier alpha value is -1.64. The van der Waals surface area contributed by atoms with Crippen LogP contribution in [0.15, 0.2) is 42.5 Å². The second kappa shape index (κ2) is 6.10. The predicted octanol–water partition coefficient (Wildman–Crippen LogP) is 3.91. The van der Waals surface area contributed by atoms with Crippen molar-refractivity contribution in [2.24, 2.45) is 0 Å². The van der Waals surface area contributed by atoms with Crippen LogP contribution < -0.4 is 0 Å². The molecule has 0 aliphatic rings. The minimum Gasteiger partial charge on any atom is -0.335 e. The lowest BCUT2D eigenvalue weighted by Crippen LogP contribution is -2.51. The molecule has 0 fully saturated rings. The first-order chi connectivity index (χ1) is 10.6. The quantitative estimate of drug-likeness (QED) is 0.804. The van der Waals surface area contributed by atoms with Crippen LogP contribution in [0.25, 0.3) is 10.8 Å². The molecule has 23 heavy (non-hydrogen) atoms. The van der Waals surface area contributed by atoms with E-state index in [9.17, 15) is 21.6 Å². The van der Waals surface area contributed by atoms with Crippen molar-refractivity contribution in [3.05, 3.63) is 48.0 Å². The first-order valence-corrected chi connectivity index (χ1v) is 8.20. The predicted molar refractivity (Wildman–Crippen MR) is 79.4 cm³/mol. The molecule has 0 aliphatic carbocycles. The fraction of sp³-hybridized carbons (Fsp3) is 0.333. The number of alkyl halides is 3. The Morgan fingerprint density at radius 3 is 2.26 bits per heavy atom. The number of hydrogen-bond donors (Lipinski definition) is 1. The zero-order chi connectivity index (χ0) is 17.3. The summed E-state index contributed by atoms with van der Waals surface area (Å²) in [6.07, 6.45) is -0.951. The van der Waals surface area contributed by atoms with Gasteiger partial charge < -0.3 is 4.74 Å². The Morgan fingerprint density at radius 1 is 1.09 bits per heavy atom. The van der Waals surface area contributed by atoms with Crippen molar-refractivity contribution in [1.82, 2.24) is 0 Å². The van der Waals surface area contributed by atoms with Crippen LogP contribution >= 0.6 is 0 Å². The van der Waals surface area contributed by atoms with E-state index in [4.69, 9.17) is 4.55 Å². The van der Waals surface area contributed by atoms with Gasteiger partial charge in [0.2, 0.25) is 0 Å². The molecule has 0 bridgehead atoms. The van der Waals surface area contributed by atoms with Crippen molar-refractivity contribution >= 4 is 20.9 Å². The first kappa shape index (κ1) is 17.7. The van der Waals surface area contributed by atoms with Crippen molar-refractivity contribution in [2.45, 2.75) is 31.1 Å². The van der Waals surface area contributed by atoms with Crippen LogP contribution in [0.3, 0.4) is 0 Å². The van der Waals surface area contributed by atoms with E-state index >= 15 is 0 Å². The first-order valence-electron chi connectivity index (χ1n) is 6.76. The summed E-state index contributed by atoms with van der Waals surface area (Å²) < 4.78 is 76.0. The van der Waals surface area contributed by atoms with Gasteiger partial charge in [0, 0.05) is 6.42 Å². The van der Waals surface area contributed by atoms with E-state index in [0.717, 1.165) is 17.7 Å². The SMILES string of the molecule is CCC(F)(OCc1ccc2ccccc2c1)C(F)(F)S(=O)(=O)O. The molecule has 0 heterocycles. The van der Waals surface area contributed by atoms with Crippen LogP contribution in [0, 0.1) is 0 Å². The van der Waals surface area contributed by atoms with Crippen molar-refractivity contribution in [3.63, 3.8) is 0 Å². The lowest BCUT2D eigenvalue weighted by atomic mass is 10.1. The average Bonchev–Trinajstić information content (AvgIpc) is 2.51. The van der Waals surface area contributed by atoms with Gasteiger partial charge in [-0.15, -0.1) is 0 Å². The summed E-state index contributed by atoms with van der Waals surface area (Å²) in [6, 6.07) is 12.1. The number of benzene rings is 2. The number of rotatable bonds is 6. The largest absolute Gasteiger partial charge is 0.426 e. The number of halogens is 3. The van der Waals surface area contributed by atoms with Gasteiger partial charge in [0.15, 0.2) is 0 Å². The van der Waals surface area contributed by atoms with Crippen molar-refractivity contribution in [2.75, 3.05) is 0 Å². The Morgan fingerprint density at radius 2 is 1.70 bits per heavy atom. The van der Waals surface area contributed by atoms with Gasteiger partial charge in [-0.05, 0) is 22.4 Å². The van der Waals surface area contributed by atoms with Crippen molar-refractivity contribution < 1.29 is 30.9 Å². The molecule has 2 aromatic carbocycles. The van der Waals surface area contributed by atoms with E-state index in [1.54, 1.807) is 30.3 Å². The topological polar surface area (TPSA) is 63.6 Å². The summed E-state index contributed by atoms with van der Waals surface area (Å²) in [4.78, 5) is 0. The fourth-order valence-corrected chi connectivity index (χ4v) is 2.70. The highest BCUT2D eigenvalue weighted by molar-refractivity contribution is 7.87. The van der Waals surface area contributed by atoms with E-state index in [-0.39, 0.29) is 0 Å². The molecule has 126 valence electrons. The van der Waals surface area contributed by atoms with Gasteiger partial charge in [-0.25, -0.2) is 4.39 Å². The number of ether oxygens (including phenoxy) is 1. The Labute approximate surface area is 131 Å². The monoisotopic (exact) mass is 348 g/mol. The normalized spacial score (nSPS) is 15.5. The van der Waals surface area contributed by atoms with Gasteiger partial charge in [-0.2, -0.15) is 17.2 Å². The molecule has 1 unspecified atom stereocenters. The molecule has 0 saturated carbocycles. The molecule has 1 N–H and O–H groups in total. The fourth-order valence-electron chi connectivity index (χ4n) is 2.11. The van der Waals surface area contributed by atoms with Gasteiger partial charge >= 0.3 is 15.4 Å². The molecule has 4 nitrogen and oxygen atoms in total. The van der Waals surface area contributed by atoms with Crippen molar-refractivity contribution in [1.29, 1.82) is 0 Å². The minimum atomic E-state index is -5.94. The smallest absolute Gasteiger partial charge is 0.335 e. The van der Waals surface area contributed by atoms with Crippen molar-refractivity contribution in [3.8, 4) is 0 Å². The van der Waals surface area contributed by atoms with Gasteiger partial charge in [-0.1, -0.05) is 43.3 Å². The second-order valence-corrected chi connectivity index (χ2v) is 6.51. The average molecular weight is 348 g/mol. The molecule has 0 aliphatic heterocycles. The summed E-state index contributed by atoms with van der Waals surface area (Å²) in [5.74, 6) is -3.83. The summed E-state index contributed by atoms with van der Waals surface area (Å²) in [7, 11) is -5.94. The van der Waals surface area contributed by atoms with E-state index < -0.39 is 34.3 Å². The van der Waals surface area contributed by atoms with Crippen LogP contribution in [0.5, 0.6) is 0 Å². The third kappa shape index (κ3) is 3.34. The van der Waals surface area contributed by atoms with Crippen LogP contribution in [-0.4, -0.2) is 24.1 Å². The molecular formula is C15H15F3O4S. The Kier molecular flexibility index (Phi) is 4.70. The van der Waals surface area contributed by atoms with Gasteiger partial charge in [0.1, 0.15) is 0 Å². The number of hydrogen-bond acceptors (Lipinski definition) is 3. The third-order valence-electron chi connectivity index (χ3n) is 3.49. The highest BCUT2D eigenvalue weighted by Crippen LogP contribution is 2.40. The van der Waals surface area contributed by atoms with E-state index in [0.29, 0.717) is 5.56 Å². The standard InChI is InChI=1S/C15H15F3O4S/c1-2-14(16,15(17,18)23(19,20)21)22-10-11-7-8-12-5-3-4-6-13(12)9-11/h3-9H,2,10H2,1H3,(H,19,20,21). The maximum absolute atomic E-state index is 14.3. The van der Waals surface area contributed by atoms with E-state index in [2.05, 4.69) is 4.74 Å². The molecule has 2 rings (SSSR count). The van der Waals surface area contributed by atoms with Gasteiger partial charge in [0.05, 0.1) is 6.61 Å². The maximum Gasteiger partial charge on any atom is 0.426 e. The van der Waals surface area contributed by atoms with Crippen LogP contribution in [0.2, 0.25) is 0 Å². The van der Waals surface area contributed by atoms with Crippen LogP contribution in [0.1, 0.15) is 18.9 Å². The molecule has 0 aromatic heterocycles. The Balaban J connectivity index is 2.25. The summed E-state index contributed by atoms with van der Waals surface area (Å²) in [5, 5.41) is -3.36. The van der Waals surface area contributed by atoms with E-state index in [1.807, 2.05) is 12.1 Å². The Bertz CT molecular complexity index is 807. The molecule has 1 atom stereocenters. The van der Waals surface area contributed by atoms with E-state index in [1.165, 1.54) is 0 Å². The summed E-state index contributed by atoms with van der Waals surface area (Å²) >= 11 is 0. The lowest BCUT2D eigenvalue weighted by Gasteiger charge is -2.30. The molecule has 8 heteroatoms.